The normalized spacial score (nSPS) is 11.7. The number of anilines is 5. The lowest BCUT2D eigenvalue weighted by molar-refractivity contribution is -0.383. The topological polar surface area (TPSA) is 209 Å². The minimum Gasteiger partial charge on any atom is -0.491 e. The number of hydrogen-bond acceptors (Lipinski definition) is 11. The number of aliphatic hydroxyl groups is 2. The molecule has 3 aromatic carbocycles. The number of aryl methyl sites for hydroxylation is 2. The fourth-order valence-corrected chi connectivity index (χ4v) is 5.33. The fraction of sp³-hybridized carbons (Fsp3) is 0.550. The summed E-state index contributed by atoms with van der Waals surface area (Å²) in [5.74, 6) is 2.47. The molecule has 0 radical (unpaired) electrons. The second-order valence-electron chi connectivity index (χ2n) is 13.2. The van der Waals surface area contributed by atoms with Gasteiger partial charge in [0.25, 0.3) is 5.69 Å². The van der Waals surface area contributed by atoms with E-state index in [1.165, 1.54) is 50.7 Å². The third-order valence-corrected chi connectivity index (χ3v) is 8.92. The molecule has 0 aliphatic carbocycles. The molecule has 0 aromatic heterocycles. The molecule has 10 N–H and O–H groups in total. The number of unbranched alkanes of at least 4 members (excludes halogenated alkanes) is 2. The van der Waals surface area contributed by atoms with Crippen LogP contribution in [0.4, 0.5) is 34.1 Å². The van der Waals surface area contributed by atoms with Gasteiger partial charge in [-0.05, 0) is 73.9 Å². The van der Waals surface area contributed by atoms with E-state index in [2.05, 4.69) is 27.7 Å². The van der Waals surface area contributed by atoms with Crippen molar-refractivity contribution in [3.8, 4) is 11.5 Å². The van der Waals surface area contributed by atoms with Crippen molar-refractivity contribution in [2.24, 2.45) is 11.8 Å². The first-order valence-electron chi connectivity index (χ1n) is 18.6. The molecule has 0 saturated heterocycles. The van der Waals surface area contributed by atoms with Gasteiger partial charge in [-0.3, -0.25) is 10.1 Å². The molecule has 0 aliphatic heterocycles. The van der Waals surface area contributed by atoms with E-state index in [0.717, 1.165) is 35.3 Å². The van der Waals surface area contributed by atoms with Crippen molar-refractivity contribution in [2.45, 2.75) is 92.9 Å². The second-order valence-corrected chi connectivity index (χ2v) is 13.2. The molecule has 0 saturated carbocycles. The SMILES string of the molecule is CCCCC(CC)COc1cc(N)c(OCC(CC)CCCC)cc1N.Cc1cc(N(CCO)CCO)ccc1N.Cc1ccc(N)c([N+](=O)[O-])c1. The van der Waals surface area contributed by atoms with Crippen molar-refractivity contribution in [3.05, 3.63) is 69.8 Å². The predicted octanol–water partition coefficient (Wildman–Crippen LogP) is 7.90. The standard InChI is InChI=1S/C22H40N2O2.C11H18N2O2.C7H8N2O2/c1-5-9-11-17(7-3)15-25-21-13-20(24)22(14-19(21)23)26-16-18(8-4)12-10-6-2;1-9-8-10(2-3-11(9)12)13(4-6-14)5-7-15;1-5-2-3-6(8)7(4-5)9(10)11/h13-14,17-18H,5-12,15-16,23-24H2,1-4H3;2-3,8,14-15H,4-7,12H2,1H3;2-4H,8H2,1H3. The summed E-state index contributed by atoms with van der Waals surface area (Å²) in [7, 11) is 0. The largest absolute Gasteiger partial charge is 0.491 e. The van der Waals surface area contributed by atoms with Crippen molar-refractivity contribution in [1.82, 2.24) is 0 Å². The number of benzene rings is 3. The van der Waals surface area contributed by atoms with Crippen LogP contribution in [-0.2, 0) is 0 Å². The summed E-state index contributed by atoms with van der Waals surface area (Å²) in [4.78, 5) is 11.7. The number of nitrogens with two attached hydrogens (primary N) is 4. The summed E-state index contributed by atoms with van der Waals surface area (Å²) in [6.45, 7) is 15.1. The van der Waals surface area contributed by atoms with Gasteiger partial charge in [-0.1, -0.05) is 72.3 Å². The zero-order valence-electron chi connectivity index (χ0n) is 32.4. The Morgan fingerprint density at radius 3 is 1.58 bits per heavy atom. The molecule has 2 atom stereocenters. The molecule has 12 heteroatoms. The Kier molecular flexibility index (Phi) is 22.4. The van der Waals surface area contributed by atoms with E-state index in [-0.39, 0.29) is 24.6 Å². The van der Waals surface area contributed by atoms with E-state index in [1.54, 1.807) is 13.0 Å². The summed E-state index contributed by atoms with van der Waals surface area (Å²) in [6.07, 6.45) is 9.54. The van der Waals surface area contributed by atoms with E-state index in [0.29, 0.717) is 61.0 Å². The van der Waals surface area contributed by atoms with E-state index < -0.39 is 4.92 Å². The van der Waals surface area contributed by atoms with Gasteiger partial charge in [0.1, 0.15) is 17.2 Å². The molecule has 0 fully saturated rings. The van der Waals surface area contributed by atoms with Gasteiger partial charge in [0.2, 0.25) is 0 Å². The molecular weight excluding hydrogens is 660 g/mol. The van der Waals surface area contributed by atoms with E-state index in [4.69, 9.17) is 42.6 Å². The monoisotopic (exact) mass is 727 g/mol. The average molecular weight is 727 g/mol. The second kappa shape index (κ2) is 25.5. The van der Waals surface area contributed by atoms with Crippen LogP contribution in [0.2, 0.25) is 0 Å². The number of nitro benzene ring substituents is 1. The molecule has 0 spiro atoms. The number of nitrogen functional groups attached to an aromatic ring is 4. The Morgan fingerprint density at radius 2 is 1.19 bits per heavy atom. The molecule has 0 bridgehead atoms. The zero-order chi connectivity index (χ0) is 39.1. The number of nitro groups is 1. The van der Waals surface area contributed by atoms with Gasteiger partial charge in [0.05, 0.1) is 42.7 Å². The zero-order valence-corrected chi connectivity index (χ0v) is 32.4. The molecule has 292 valence electrons. The minimum absolute atomic E-state index is 0.0231. The average Bonchev–Trinajstić information content (AvgIpc) is 3.12. The van der Waals surface area contributed by atoms with Crippen LogP contribution in [0.15, 0.2) is 48.5 Å². The first-order valence-corrected chi connectivity index (χ1v) is 18.6. The highest BCUT2D eigenvalue weighted by Gasteiger charge is 2.14. The van der Waals surface area contributed by atoms with Gasteiger partial charge >= 0.3 is 0 Å². The summed E-state index contributed by atoms with van der Waals surface area (Å²) < 4.78 is 11.9. The molecule has 3 aromatic rings. The van der Waals surface area contributed by atoms with E-state index in [1.807, 2.05) is 42.2 Å². The molecule has 2 unspecified atom stereocenters. The molecular formula is C40H66N6O6. The van der Waals surface area contributed by atoms with Crippen molar-refractivity contribution in [1.29, 1.82) is 0 Å². The Morgan fingerprint density at radius 1 is 0.712 bits per heavy atom. The van der Waals surface area contributed by atoms with Crippen molar-refractivity contribution >= 4 is 34.1 Å². The number of hydrogen-bond donors (Lipinski definition) is 6. The van der Waals surface area contributed by atoms with Gasteiger partial charge in [-0.2, -0.15) is 0 Å². The highest BCUT2D eigenvalue weighted by atomic mass is 16.6. The molecule has 0 aliphatic rings. The number of aliphatic hydroxyl groups excluding tert-OH is 2. The first kappa shape index (κ1) is 45.6. The van der Waals surface area contributed by atoms with Crippen LogP contribution in [0.3, 0.4) is 0 Å². The predicted molar refractivity (Wildman–Crippen MR) is 217 cm³/mol. The van der Waals surface area contributed by atoms with Crippen LogP contribution < -0.4 is 37.3 Å². The van der Waals surface area contributed by atoms with Gasteiger partial charge < -0.3 is 47.5 Å². The molecule has 52 heavy (non-hydrogen) atoms. The van der Waals surface area contributed by atoms with Crippen molar-refractivity contribution < 1.29 is 24.6 Å². The van der Waals surface area contributed by atoms with Crippen LogP contribution >= 0.6 is 0 Å². The highest BCUT2D eigenvalue weighted by Crippen LogP contribution is 2.34. The maximum atomic E-state index is 10.3. The summed E-state index contributed by atoms with van der Waals surface area (Å²) in [5, 5.41) is 28.1. The maximum absolute atomic E-state index is 10.3. The van der Waals surface area contributed by atoms with Crippen LogP contribution in [0, 0.1) is 35.8 Å². The number of nitrogens with zero attached hydrogens (tertiary/aromatic N) is 2. The fourth-order valence-electron chi connectivity index (χ4n) is 5.33. The summed E-state index contributed by atoms with van der Waals surface area (Å²) in [5.41, 5.74) is 28.4. The van der Waals surface area contributed by atoms with Crippen LogP contribution in [0.5, 0.6) is 11.5 Å². The smallest absolute Gasteiger partial charge is 0.292 e. The van der Waals surface area contributed by atoms with Gasteiger partial charge in [0, 0.05) is 42.7 Å². The molecule has 12 nitrogen and oxygen atoms in total. The summed E-state index contributed by atoms with van der Waals surface area (Å²) in [6, 6.07) is 14.0. The molecule has 0 heterocycles. The highest BCUT2D eigenvalue weighted by molar-refractivity contribution is 5.67. The van der Waals surface area contributed by atoms with Crippen LogP contribution in [0.25, 0.3) is 0 Å². The Balaban J connectivity index is 0.000000435. The summed E-state index contributed by atoms with van der Waals surface area (Å²) >= 11 is 0. The van der Waals surface area contributed by atoms with Gasteiger partial charge in [-0.25, -0.2) is 0 Å². The lowest BCUT2D eigenvalue weighted by atomic mass is 10.0. The van der Waals surface area contributed by atoms with Crippen LogP contribution in [-0.4, -0.2) is 54.7 Å². The third kappa shape index (κ3) is 16.7. The molecule has 0 amide bonds. The van der Waals surface area contributed by atoms with Crippen LogP contribution in [0.1, 0.15) is 90.2 Å². The number of rotatable bonds is 20. The Bertz CT molecular complexity index is 1400. The molecule has 3 rings (SSSR count). The van der Waals surface area contributed by atoms with Gasteiger partial charge in [0.15, 0.2) is 0 Å². The Hall–Kier alpha value is -4.42. The quantitative estimate of drug-likeness (QED) is 0.0374. The van der Waals surface area contributed by atoms with Crippen molar-refractivity contribution in [3.63, 3.8) is 0 Å². The van der Waals surface area contributed by atoms with E-state index in [9.17, 15) is 10.1 Å². The first-order chi connectivity index (χ1) is 24.8. The Labute approximate surface area is 311 Å². The number of ether oxygens (including phenoxy) is 2. The third-order valence-electron chi connectivity index (χ3n) is 8.92. The lowest BCUT2D eigenvalue weighted by Gasteiger charge is -2.23. The lowest BCUT2D eigenvalue weighted by Crippen LogP contribution is -2.29. The minimum atomic E-state index is -0.484. The van der Waals surface area contributed by atoms with Crippen molar-refractivity contribution in [2.75, 3.05) is 67.4 Å². The van der Waals surface area contributed by atoms with Gasteiger partial charge in [-0.15, -0.1) is 0 Å². The maximum Gasteiger partial charge on any atom is 0.292 e. The van der Waals surface area contributed by atoms with E-state index >= 15 is 0 Å².